The summed E-state index contributed by atoms with van der Waals surface area (Å²) in [5.41, 5.74) is 3.07. The third-order valence-corrected chi connectivity index (χ3v) is 5.97. The highest BCUT2D eigenvalue weighted by atomic mass is 16.3. The number of hydrogen-bond acceptors (Lipinski definition) is 3. The highest BCUT2D eigenvalue weighted by Gasteiger charge is 2.30. The average molecular weight is 330 g/mol. The molecule has 1 aromatic rings. The van der Waals surface area contributed by atoms with E-state index in [1.165, 1.54) is 23.0 Å². The van der Waals surface area contributed by atoms with Gasteiger partial charge >= 0.3 is 0 Å². The Balaban J connectivity index is 1.51. The van der Waals surface area contributed by atoms with Crippen LogP contribution in [0.4, 0.5) is 0 Å². The van der Waals surface area contributed by atoms with Gasteiger partial charge in [-0.3, -0.25) is 9.36 Å². The summed E-state index contributed by atoms with van der Waals surface area (Å²) in [7, 11) is 0. The van der Waals surface area contributed by atoms with Gasteiger partial charge in [-0.05, 0) is 57.3 Å². The molecule has 2 aliphatic carbocycles. The van der Waals surface area contributed by atoms with Gasteiger partial charge in [0.05, 0.1) is 0 Å². The monoisotopic (exact) mass is 330 g/mol. The van der Waals surface area contributed by atoms with Crippen LogP contribution in [-0.2, 0) is 24.2 Å². The molecule has 5 heteroatoms. The van der Waals surface area contributed by atoms with Gasteiger partial charge in [-0.1, -0.05) is 11.6 Å². The molecule has 2 heterocycles. The van der Waals surface area contributed by atoms with E-state index in [4.69, 9.17) is 0 Å². The van der Waals surface area contributed by atoms with Crippen molar-refractivity contribution in [3.05, 3.63) is 22.8 Å². The molecule has 1 aromatic heterocycles. The van der Waals surface area contributed by atoms with Crippen LogP contribution in [0.5, 0.6) is 11.8 Å². The number of piperidine rings is 1. The third-order valence-electron chi connectivity index (χ3n) is 5.97. The van der Waals surface area contributed by atoms with Crippen LogP contribution < -0.4 is 0 Å². The molecule has 1 amide bonds. The number of allylic oxidation sites excluding steroid dienone is 1. The van der Waals surface area contributed by atoms with E-state index >= 15 is 0 Å². The molecule has 1 aliphatic heterocycles. The zero-order valence-corrected chi connectivity index (χ0v) is 14.1. The SMILES string of the molecule is O=C(Cn1c(O)c2c(c1O)CCCC2)N1CCC2CCCC=C2C1. The number of carbonyl (C=O) groups is 1. The van der Waals surface area contributed by atoms with E-state index in [9.17, 15) is 15.0 Å². The average Bonchev–Trinajstić information content (AvgIpc) is 2.86. The molecule has 2 N–H and O–H groups in total. The van der Waals surface area contributed by atoms with Gasteiger partial charge in [-0.25, -0.2) is 0 Å². The molecule has 0 aromatic carbocycles. The van der Waals surface area contributed by atoms with E-state index in [0.717, 1.165) is 56.2 Å². The molecule has 0 bridgehead atoms. The minimum atomic E-state index is -0.0159. The number of carbonyl (C=O) groups excluding carboxylic acids is 1. The Bertz CT molecular complexity index is 660. The summed E-state index contributed by atoms with van der Waals surface area (Å²) in [6.45, 7) is 1.53. The molecular formula is C19H26N2O3. The van der Waals surface area contributed by atoms with Crippen LogP contribution in [0, 0.1) is 5.92 Å². The van der Waals surface area contributed by atoms with Crippen molar-refractivity contribution in [3.8, 4) is 11.8 Å². The van der Waals surface area contributed by atoms with Crippen LogP contribution in [0.3, 0.4) is 0 Å². The van der Waals surface area contributed by atoms with E-state index in [1.807, 2.05) is 4.90 Å². The highest BCUT2D eigenvalue weighted by Crippen LogP contribution is 2.39. The number of aromatic nitrogens is 1. The summed E-state index contributed by atoms with van der Waals surface area (Å²) in [6.07, 6.45) is 10.6. The number of nitrogens with zero attached hydrogens (tertiary/aromatic N) is 2. The fraction of sp³-hybridized carbons (Fsp3) is 0.632. The topological polar surface area (TPSA) is 65.7 Å². The second kappa shape index (κ2) is 6.19. The van der Waals surface area contributed by atoms with E-state index in [1.54, 1.807) is 0 Å². The normalized spacial score (nSPS) is 23.4. The van der Waals surface area contributed by atoms with Crippen molar-refractivity contribution in [2.75, 3.05) is 13.1 Å². The summed E-state index contributed by atoms with van der Waals surface area (Å²) in [5.74, 6) is 0.811. The van der Waals surface area contributed by atoms with Gasteiger partial charge in [-0.15, -0.1) is 0 Å². The van der Waals surface area contributed by atoms with Crippen molar-refractivity contribution >= 4 is 5.91 Å². The number of likely N-dealkylation sites (tertiary alicyclic amines) is 1. The van der Waals surface area contributed by atoms with Crippen LogP contribution in [-0.4, -0.2) is 38.7 Å². The minimum Gasteiger partial charge on any atom is -0.494 e. The van der Waals surface area contributed by atoms with Gasteiger partial charge in [0.25, 0.3) is 0 Å². The number of amides is 1. The van der Waals surface area contributed by atoms with Crippen molar-refractivity contribution in [2.24, 2.45) is 5.92 Å². The zero-order chi connectivity index (χ0) is 16.7. The Morgan fingerprint density at radius 2 is 1.79 bits per heavy atom. The predicted molar refractivity (Wildman–Crippen MR) is 91.0 cm³/mol. The Hall–Kier alpha value is -1.91. The third kappa shape index (κ3) is 2.60. The lowest BCUT2D eigenvalue weighted by Gasteiger charge is -2.36. The Morgan fingerprint density at radius 1 is 1.08 bits per heavy atom. The zero-order valence-electron chi connectivity index (χ0n) is 14.1. The van der Waals surface area contributed by atoms with Crippen LogP contribution in [0.1, 0.15) is 49.7 Å². The Morgan fingerprint density at radius 3 is 2.50 bits per heavy atom. The smallest absolute Gasteiger partial charge is 0.243 e. The van der Waals surface area contributed by atoms with E-state index in [0.29, 0.717) is 12.5 Å². The maximum Gasteiger partial charge on any atom is 0.243 e. The maximum atomic E-state index is 12.7. The molecule has 5 nitrogen and oxygen atoms in total. The van der Waals surface area contributed by atoms with Gasteiger partial charge in [0.2, 0.25) is 5.91 Å². The van der Waals surface area contributed by atoms with Crippen molar-refractivity contribution in [3.63, 3.8) is 0 Å². The molecule has 1 saturated heterocycles. The molecule has 1 fully saturated rings. The van der Waals surface area contributed by atoms with Crippen LogP contribution in [0.15, 0.2) is 11.6 Å². The van der Waals surface area contributed by atoms with E-state index in [2.05, 4.69) is 6.08 Å². The van der Waals surface area contributed by atoms with E-state index < -0.39 is 0 Å². The van der Waals surface area contributed by atoms with Crippen LogP contribution in [0.2, 0.25) is 0 Å². The molecule has 4 rings (SSSR count). The fourth-order valence-electron chi connectivity index (χ4n) is 4.56. The minimum absolute atomic E-state index is 0.0159. The first kappa shape index (κ1) is 15.6. The van der Waals surface area contributed by atoms with Crippen LogP contribution in [0.25, 0.3) is 0 Å². The molecule has 0 saturated carbocycles. The highest BCUT2D eigenvalue weighted by molar-refractivity contribution is 5.77. The quantitative estimate of drug-likeness (QED) is 0.820. The Labute approximate surface area is 142 Å². The molecule has 0 spiro atoms. The molecule has 1 atom stereocenters. The summed E-state index contributed by atoms with van der Waals surface area (Å²) >= 11 is 0. The molecular weight excluding hydrogens is 304 g/mol. The largest absolute Gasteiger partial charge is 0.494 e. The first-order valence-electron chi connectivity index (χ1n) is 9.24. The molecule has 24 heavy (non-hydrogen) atoms. The summed E-state index contributed by atoms with van der Waals surface area (Å²) < 4.78 is 1.40. The van der Waals surface area contributed by atoms with Gasteiger partial charge in [-0.2, -0.15) is 0 Å². The standard InChI is InChI=1S/C19H26N2O3/c22-17(20-10-9-13-5-1-2-6-14(13)11-20)12-21-18(23)15-7-3-4-8-16(15)19(21)24/h6,13,23-24H,1-5,7-12H2. The van der Waals surface area contributed by atoms with Gasteiger partial charge in [0.1, 0.15) is 6.54 Å². The molecule has 0 radical (unpaired) electrons. The number of rotatable bonds is 2. The lowest BCUT2D eigenvalue weighted by Crippen LogP contribution is -2.42. The van der Waals surface area contributed by atoms with Gasteiger partial charge < -0.3 is 15.1 Å². The van der Waals surface area contributed by atoms with Gasteiger partial charge in [0, 0.05) is 24.2 Å². The number of fused-ring (bicyclic) bond motifs is 2. The summed E-state index contributed by atoms with van der Waals surface area (Å²) in [5, 5.41) is 20.8. The molecule has 130 valence electrons. The Kier molecular flexibility index (Phi) is 4.02. The number of hydrogen-bond donors (Lipinski definition) is 2. The lowest BCUT2D eigenvalue weighted by molar-refractivity contribution is -0.132. The second-order valence-electron chi connectivity index (χ2n) is 7.41. The fourth-order valence-corrected chi connectivity index (χ4v) is 4.56. The van der Waals surface area contributed by atoms with Crippen molar-refractivity contribution in [1.29, 1.82) is 0 Å². The van der Waals surface area contributed by atoms with Gasteiger partial charge in [0.15, 0.2) is 11.8 Å². The van der Waals surface area contributed by atoms with Crippen LogP contribution >= 0.6 is 0 Å². The van der Waals surface area contributed by atoms with Crippen molar-refractivity contribution < 1.29 is 15.0 Å². The summed E-state index contributed by atoms with van der Waals surface area (Å²) in [6, 6.07) is 0. The first-order valence-corrected chi connectivity index (χ1v) is 9.24. The number of aromatic hydroxyl groups is 2. The maximum absolute atomic E-state index is 12.7. The molecule has 1 unspecified atom stereocenters. The lowest BCUT2D eigenvalue weighted by atomic mass is 9.82. The predicted octanol–water partition coefficient (Wildman–Crippen LogP) is 2.74. The second-order valence-corrected chi connectivity index (χ2v) is 7.41. The summed E-state index contributed by atoms with van der Waals surface area (Å²) in [4.78, 5) is 14.6. The van der Waals surface area contributed by atoms with Crippen molar-refractivity contribution in [1.82, 2.24) is 9.47 Å². The molecule has 3 aliphatic rings. The van der Waals surface area contributed by atoms with E-state index in [-0.39, 0.29) is 24.2 Å². The van der Waals surface area contributed by atoms with Crippen molar-refractivity contribution in [2.45, 2.75) is 57.9 Å². The first-order chi connectivity index (χ1) is 11.6.